The molecule has 1 amide bonds. The van der Waals surface area contributed by atoms with Gasteiger partial charge in [0, 0.05) is 24.3 Å². The Balaban J connectivity index is 2.87. The molecule has 0 atom stereocenters. The van der Waals surface area contributed by atoms with Crippen molar-refractivity contribution in [2.24, 2.45) is 0 Å². The number of nitrogen functional groups attached to an aromatic ring is 1. The van der Waals surface area contributed by atoms with Crippen LogP contribution in [-0.2, 0) is 4.79 Å². The Bertz CT molecular complexity index is 473. The van der Waals surface area contributed by atoms with Crippen molar-refractivity contribution in [2.75, 3.05) is 23.7 Å². The van der Waals surface area contributed by atoms with Crippen LogP contribution in [0.2, 0.25) is 0 Å². The molecule has 118 valence electrons. The maximum absolute atomic E-state index is 11.9. The van der Waals surface area contributed by atoms with Gasteiger partial charge in [-0.3, -0.25) is 4.79 Å². The highest BCUT2D eigenvalue weighted by Crippen LogP contribution is 2.28. The maximum Gasteiger partial charge on any atom is 0.239 e. The molecule has 1 aromatic carbocycles. The van der Waals surface area contributed by atoms with Crippen LogP contribution in [0.15, 0.2) is 18.2 Å². The fourth-order valence-corrected chi connectivity index (χ4v) is 2.00. The molecule has 0 aromatic heterocycles. The molecule has 21 heavy (non-hydrogen) atoms. The van der Waals surface area contributed by atoms with E-state index in [1.54, 1.807) is 0 Å². The molecule has 3 N–H and O–H groups in total. The lowest BCUT2D eigenvalue weighted by molar-refractivity contribution is -0.120. The Kier molecular flexibility index (Phi) is 6.34. The zero-order valence-electron chi connectivity index (χ0n) is 13.6. The second-order valence-corrected chi connectivity index (χ2v) is 5.63. The number of nitrogens with zero attached hydrogens (tertiary/aromatic N) is 1. The van der Waals surface area contributed by atoms with Gasteiger partial charge in [0.1, 0.15) is 5.75 Å². The van der Waals surface area contributed by atoms with E-state index in [0.717, 1.165) is 12.2 Å². The smallest absolute Gasteiger partial charge is 0.239 e. The molecule has 0 aliphatic carbocycles. The van der Waals surface area contributed by atoms with Crippen LogP contribution in [0, 0.1) is 0 Å². The van der Waals surface area contributed by atoms with Gasteiger partial charge in [0.2, 0.25) is 5.91 Å². The third kappa shape index (κ3) is 5.53. The van der Waals surface area contributed by atoms with E-state index in [-0.39, 0.29) is 18.1 Å². The van der Waals surface area contributed by atoms with Crippen molar-refractivity contribution in [1.82, 2.24) is 5.32 Å². The number of carbonyl (C=O) groups is 1. The van der Waals surface area contributed by atoms with Gasteiger partial charge >= 0.3 is 0 Å². The van der Waals surface area contributed by atoms with Crippen LogP contribution in [0.25, 0.3) is 0 Å². The first-order valence-electron chi connectivity index (χ1n) is 7.44. The minimum atomic E-state index is 0.00926. The third-order valence-corrected chi connectivity index (χ3v) is 2.89. The molecule has 0 aliphatic rings. The zero-order valence-corrected chi connectivity index (χ0v) is 13.6. The van der Waals surface area contributed by atoms with E-state index in [9.17, 15) is 4.79 Å². The number of amides is 1. The van der Waals surface area contributed by atoms with Crippen molar-refractivity contribution in [3.05, 3.63) is 18.2 Å². The molecule has 0 aliphatic heterocycles. The van der Waals surface area contributed by atoms with Crippen molar-refractivity contribution < 1.29 is 9.53 Å². The standard InChI is InChI=1S/C16H27N3O2/c1-6-19(10-16(20)18-11(2)3)13-7-8-14(17)15(9-13)21-12(4)5/h7-9,11-12H,6,10,17H2,1-5H3,(H,18,20). The minimum Gasteiger partial charge on any atom is -0.489 e. The van der Waals surface area contributed by atoms with Crippen molar-refractivity contribution >= 4 is 17.3 Å². The van der Waals surface area contributed by atoms with E-state index >= 15 is 0 Å². The lowest BCUT2D eigenvalue weighted by atomic mass is 10.2. The van der Waals surface area contributed by atoms with Gasteiger partial charge in [-0.2, -0.15) is 0 Å². The fourth-order valence-electron chi connectivity index (χ4n) is 2.00. The Labute approximate surface area is 127 Å². The summed E-state index contributed by atoms with van der Waals surface area (Å²) in [5.41, 5.74) is 7.46. The number of hydrogen-bond acceptors (Lipinski definition) is 4. The second-order valence-electron chi connectivity index (χ2n) is 5.63. The molecule has 0 bridgehead atoms. The van der Waals surface area contributed by atoms with Gasteiger partial charge in [-0.1, -0.05) is 0 Å². The highest BCUT2D eigenvalue weighted by molar-refractivity contribution is 5.82. The molecular weight excluding hydrogens is 266 g/mol. The molecule has 5 heteroatoms. The summed E-state index contributed by atoms with van der Waals surface area (Å²) < 4.78 is 5.70. The Morgan fingerprint density at radius 2 is 2.00 bits per heavy atom. The largest absolute Gasteiger partial charge is 0.489 e. The van der Waals surface area contributed by atoms with Crippen LogP contribution < -0.4 is 20.7 Å². The number of hydrogen-bond donors (Lipinski definition) is 2. The number of rotatable bonds is 7. The van der Waals surface area contributed by atoms with Crippen molar-refractivity contribution in [3.8, 4) is 5.75 Å². The summed E-state index contributed by atoms with van der Waals surface area (Å²) in [5.74, 6) is 0.667. The number of ether oxygens (including phenoxy) is 1. The average Bonchev–Trinajstić information content (AvgIpc) is 2.37. The number of anilines is 2. The maximum atomic E-state index is 11.9. The normalized spacial score (nSPS) is 10.8. The topological polar surface area (TPSA) is 67.6 Å². The van der Waals surface area contributed by atoms with Crippen LogP contribution in [0.1, 0.15) is 34.6 Å². The highest BCUT2D eigenvalue weighted by Gasteiger charge is 2.13. The summed E-state index contributed by atoms with van der Waals surface area (Å²) in [6.07, 6.45) is 0.0573. The number of nitrogens with two attached hydrogens (primary N) is 1. The fraction of sp³-hybridized carbons (Fsp3) is 0.562. The first kappa shape index (κ1) is 17.1. The van der Waals surface area contributed by atoms with E-state index in [1.807, 2.05) is 57.7 Å². The van der Waals surface area contributed by atoms with E-state index in [0.29, 0.717) is 18.0 Å². The first-order valence-corrected chi connectivity index (χ1v) is 7.44. The zero-order chi connectivity index (χ0) is 16.0. The molecule has 0 heterocycles. The lowest BCUT2D eigenvalue weighted by Crippen LogP contribution is -2.40. The Hall–Kier alpha value is -1.91. The van der Waals surface area contributed by atoms with Crippen molar-refractivity contribution in [2.45, 2.75) is 46.8 Å². The average molecular weight is 293 g/mol. The molecule has 0 saturated carbocycles. The van der Waals surface area contributed by atoms with Crippen LogP contribution in [0.3, 0.4) is 0 Å². The van der Waals surface area contributed by atoms with E-state index in [4.69, 9.17) is 10.5 Å². The van der Waals surface area contributed by atoms with Crippen molar-refractivity contribution in [3.63, 3.8) is 0 Å². The van der Waals surface area contributed by atoms with Crippen molar-refractivity contribution in [1.29, 1.82) is 0 Å². The number of likely N-dealkylation sites (N-methyl/N-ethyl adjacent to an activating group) is 1. The second kappa shape index (κ2) is 7.76. The summed E-state index contributed by atoms with van der Waals surface area (Å²) in [7, 11) is 0. The molecule has 5 nitrogen and oxygen atoms in total. The Morgan fingerprint density at radius 1 is 1.33 bits per heavy atom. The summed E-state index contributed by atoms with van der Waals surface area (Å²) in [4.78, 5) is 13.9. The molecule has 0 fully saturated rings. The highest BCUT2D eigenvalue weighted by atomic mass is 16.5. The Morgan fingerprint density at radius 3 is 2.52 bits per heavy atom. The first-order chi connectivity index (χ1) is 9.83. The van der Waals surface area contributed by atoms with Gasteiger partial charge in [-0.15, -0.1) is 0 Å². The van der Waals surface area contributed by atoms with Gasteiger partial charge in [-0.05, 0) is 46.8 Å². The van der Waals surface area contributed by atoms with Crippen LogP contribution in [-0.4, -0.2) is 31.1 Å². The number of carbonyl (C=O) groups excluding carboxylic acids is 1. The third-order valence-electron chi connectivity index (χ3n) is 2.89. The molecule has 0 spiro atoms. The molecule has 0 saturated heterocycles. The predicted molar refractivity (Wildman–Crippen MR) is 87.8 cm³/mol. The summed E-state index contributed by atoms with van der Waals surface area (Å²) >= 11 is 0. The van der Waals surface area contributed by atoms with E-state index < -0.39 is 0 Å². The van der Waals surface area contributed by atoms with Gasteiger partial charge in [0.05, 0.1) is 18.3 Å². The molecule has 1 rings (SSSR count). The number of nitrogens with one attached hydrogen (secondary N) is 1. The van der Waals surface area contributed by atoms with Gasteiger partial charge in [0.25, 0.3) is 0 Å². The SMILES string of the molecule is CCN(CC(=O)NC(C)C)c1ccc(N)c(OC(C)C)c1. The van der Waals surface area contributed by atoms with Crippen LogP contribution in [0.5, 0.6) is 5.75 Å². The quantitative estimate of drug-likeness (QED) is 0.758. The molecule has 0 radical (unpaired) electrons. The van der Waals surface area contributed by atoms with Crippen LogP contribution >= 0.6 is 0 Å². The minimum absolute atomic E-state index is 0.00926. The summed E-state index contributed by atoms with van der Waals surface area (Å²) in [6.45, 7) is 10.9. The predicted octanol–water partition coefficient (Wildman–Crippen LogP) is 2.41. The molecular formula is C16H27N3O2. The van der Waals surface area contributed by atoms with Crippen LogP contribution in [0.4, 0.5) is 11.4 Å². The summed E-state index contributed by atoms with van der Waals surface area (Å²) in [6, 6.07) is 5.76. The number of benzene rings is 1. The van der Waals surface area contributed by atoms with Gasteiger partial charge in [-0.25, -0.2) is 0 Å². The monoisotopic (exact) mass is 293 g/mol. The van der Waals surface area contributed by atoms with Gasteiger partial charge in [0.15, 0.2) is 0 Å². The summed E-state index contributed by atoms with van der Waals surface area (Å²) in [5, 5.41) is 2.90. The van der Waals surface area contributed by atoms with Gasteiger partial charge < -0.3 is 20.7 Å². The van der Waals surface area contributed by atoms with E-state index in [2.05, 4.69) is 5.32 Å². The molecule has 0 unspecified atom stereocenters. The lowest BCUT2D eigenvalue weighted by Gasteiger charge is -2.24. The van der Waals surface area contributed by atoms with E-state index in [1.165, 1.54) is 0 Å². The molecule has 1 aromatic rings.